The molecule has 9 heteroatoms. The summed E-state index contributed by atoms with van der Waals surface area (Å²) in [4.78, 5) is 32.3. The number of hydrogen-bond donors (Lipinski definition) is 0. The van der Waals surface area contributed by atoms with Crippen molar-refractivity contribution in [1.82, 2.24) is 14.3 Å². The lowest BCUT2D eigenvalue weighted by molar-refractivity contribution is -0.122. The van der Waals surface area contributed by atoms with E-state index >= 15 is 0 Å². The Morgan fingerprint density at radius 2 is 1.97 bits per heavy atom. The molecule has 1 amide bonds. The summed E-state index contributed by atoms with van der Waals surface area (Å²) in [5.74, 6) is 0.357. The van der Waals surface area contributed by atoms with Gasteiger partial charge in [0.05, 0.1) is 4.91 Å². The Bertz CT molecular complexity index is 1240. The van der Waals surface area contributed by atoms with Crippen LogP contribution in [0, 0.1) is 0 Å². The number of rotatable bonds is 5. The van der Waals surface area contributed by atoms with Gasteiger partial charge < -0.3 is 4.74 Å². The third kappa shape index (κ3) is 3.98. The Balaban J connectivity index is 1.84. The highest BCUT2D eigenvalue weighted by molar-refractivity contribution is 8.26. The van der Waals surface area contributed by atoms with Gasteiger partial charge in [0, 0.05) is 17.8 Å². The minimum atomic E-state index is -0.342. The highest BCUT2D eigenvalue weighted by Crippen LogP contribution is 2.34. The molecule has 0 aliphatic carbocycles. The Labute approximate surface area is 187 Å². The molecule has 0 saturated carbocycles. The highest BCUT2D eigenvalue weighted by Gasteiger charge is 2.32. The molecule has 0 spiro atoms. The number of benzene rings is 1. The largest absolute Gasteiger partial charge is 0.438 e. The van der Waals surface area contributed by atoms with E-state index in [-0.39, 0.29) is 22.9 Å². The van der Waals surface area contributed by atoms with Crippen molar-refractivity contribution >= 4 is 57.5 Å². The summed E-state index contributed by atoms with van der Waals surface area (Å²) < 4.78 is 7.79. The van der Waals surface area contributed by atoms with Crippen LogP contribution in [0.1, 0.15) is 18.9 Å². The molecule has 0 N–H and O–H groups in total. The number of amides is 1. The van der Waals surface area contributed by atoms with E-state index in [9.17, 15) is 9.59 Å². The van der Waals surface area contributed by atoms with Crippen LogP contribution in [0.2, 0.25) is 5.02 Å². The van der Waals surface area contributed by atoms with Crippen molar-refractivity contribution in [3.05, 3.63) is 74.5 Å². The van der Waals surface area contributed by atoms with Gasteiger partial charge in [0.15, 0.2) is 0 Å². The van der Waals surface area contributed by atoms with Crippen LogP contribution in [0.4, 0.5) is 0 Å². The second-order valence-corrected chi connectivity index (χ2v) is 8.57. The first-order chi connectivity index (χ1) is 14.5. The van der Waals surface area contributed by atoms with Crippen molar-refractivity contribution in [1.29, 1.82) is 0 Å². The van der Waals surface area contributed by atoms with Crippen molar-refractivity contribution in [2.24, 2.45) is 0 Å². The van der Waals surface area contributed by atoms with Crippen LogP contribution < -0.4 is 10.3 Å². The van der Waals surface area contributed by atoms with Crippen molar-refractivity contribution in [2.75, 3.05) is 6.54 Å². The van der Waals surface area contributed by atoms with E-state index in [1.807, 2.05) is 6.92 Å². The lowest BCUT2D eigenvalue weighted by atomic mass is 10.2. The lowest BCUT2D eigenvalue weighted by Crippen LogP contribution is -2.28. The molecule has 0 bridgehead atoms. The van der Waals surface area contributed by atoms with Crippen molar-refractivity contribution in [2.45, 2.75) is 13.3 Å². The van der Waals surface area contributed by atoms with Crippen LogP contribution in [0.5, 0.6) is 11.6 Å². The lowest BCUT2D eigenvalue weighted by Gasteiger charge is -2.12. The van der Waals surface area contributed by atoms with Crippen LogP contribution in [-0.4, -0.2) is 31.1 Å². The fraction of sp³-hybridized carbons (Fsp3) is 0.143. The van der Waals surface area contributed by atoms with Gasteiger partial charge in [0.1, 0.15) is 21.3 Å². The van der Waals surface area contributed by atoms with E-state index in [4.69, 9.17) is 28.6 Å². The molecule has 2 aromatic heterocycles. The first-order valence-corrected chi connectivity index (χ1v) is 10.8. The fourth-order valence-corrected chi connectivity index (χ4v) is 4.36. The van der Waals surface area contributed by atoms with Gasteiger partial charge in [-0.05, 0) is 48.9 Å². The maximum Gasteiger partial charge on any atom is 0.269 e. The van der Waals surface area contributed by atoms with Crippen LogP contribution in [0.25, 0.3) is 11.7 Å². The molecule has 0 radical (unpaired) electrons. The molecule has 1 fully saturated rings. The van der Waals surface area contributed by atoms with Crippen molar-refractivity contribution < 1.29 is 9.53 Å². The quantitative estimate of drug-likeness (QED) is 0.407. The van der Waals surface area contributed by atoms with Gasteiger partial charge in [0.2, 0.25) is 5.88 Å². The van der Waals surface area contributed by atoms with Gasteiger partial charge in [-0.3, -0.25) is 18.9 Å². The van der Waals surface area contributed by atoms with Crippen molar-refractivity contribution in [3.8, 4) is 11.6 Å². The Kier molecular flexibility index (Phi) is 5.90. The molecule has 1 saturated heterocycles. The summed E-state index contributed by atoms with van der Waals surface area (Å²) in [6.45, 7) is 2.51. The predicted molar refractivity (Wildman–Crippen MR) is 123 cm³/mol. The molecule has 30 heavy (non-hydrogen) atoms. The average Bonchev–Trinajstić information content (AvgIpc) is 3.00. The van der Waals surface area contributed by atoms with Crippen molar-refractivity contribution in [3.63, 3.8) is 0 Å². The number of ether oxygens (including phenoxy) is 1. The molecule has 1 aliphatic rings. The number of pyridine rings is 1. The van der Waals surface area contributed by atoms with Crippen LogP contribution in [0.3, 0.4) is 0 Å². The zero-order chi connectivity index (χ0) is 21.3. The second-order valence-electron chi connectivity index (χ2n) is 6.45. The number of carbonyl (C=O) groups is 1. The maximum atomic E-state index is 13.2. The minimum Gasteiger partial charge on any atom is -0.438 e. The summed E-state index contributed by atoms with van der Waals surface area (Å²) in [5, 5.41) is 0.564. The fourth-order valence-electron chi connectivity index (χ4n) is 2.95. The van der Waals surface area contributed by atoms with Crippen LogP contribution in [0.15, 0.2) is 58.4 Å². The van der Waals surface area contributed by atoms with E-state index in [2.05, 4.69) is 4.98 Å². The smallest absolute Gasteiger partial charge is 0.269 e. The van der Waals surface area contributed by atoms with E-state index in [1.165, 1.54) is 27.1 Å². The molecule has 1 aromatic carbocycles. The van der Waals surface area contributed by atoms with Crippen LogP contribution >= 0.6 is 35.6 Å². The molecule has 6 nitrogen and oxygen atoms in total. The molecule has 4 rings (SSSR count). The Morgan fingerprint density at radius 3 is 2.70 bits per heavy atom. The minimum absolute atomic E-state index is 0.106. The SMILES string of the molecule is CCCN1C(=O)/C(=C/c2c(Oc3ccc(Cl)cc3)nc3ccccn3c2=O)SC1=S. The van der Waals surface area contributed by atoms with Gasteiger partial charge in [-0.25, -0.2) is 0 Å². The van der Waals surface area contributed by atoms with Gasteiger partial charge >= 0.3 is 0 Å². The Hall–Kier alpha value is -2.68. The number of carbonyl (C=O) groups excluding carboxylic acids is 1. The topological polar surface area (TPSA) is 63.9 Å². The molecule has 1 aliphatic heterocycles. The molecule has 152 valence electrons. The number of thiocarbonyl (C=S) groups is 1. The molecule has 0 unspecified atom stereocenters. The first kappa shape index (κ1) is 20.6. The third-order valence-electron chi connectivity index (χ3n) is 4.36. The molecular weight excluding hydrogens is 442 g/mol. The molecular formula is C21H16ClN3O3S2. The van der Waals surface area contributed by atoms with E-state index in [0.717, 1.165) is 6.42 Å². The maximum absolute atomic E-state index is 13.2. The third-order valence-corrected chi connectivity index (χ3v) is 5.99. The van der Waals surface area contributed by atoms with Crippen LogP contribution in [-0.2, 0) is 4.79 Å². The van der Waals surface area contributed by atoms with Gasteiger partial charge in [0.25, 0.3) is 11.5 Å². The van der Waals surface area contributed by atoms with E-state index in [1.54, 1.807) is 48.7 Å². The second kappa shape index (κ2) is 8.59. The van der Waals surface area contributed by atoms with E-state index in [0.29, 0.717) is 32.2 Å². The zero-order valence-corrected chi connectivity index (χ0v) is 18.3. The summed E-state index contributed by atoms with van der Waals surface area (Å²) >= 11 is 12.4. The summed E-state index contributed by atoms with van der Waals surface area (Å²) in [6, 6.07) is 12.0. The average molecular weight is 458 g/mol. The van der Waals surface area contributed by atoms with Gasteiger partial charge in [-0.15, -0.1) is 0 Å². The molecule has 3 aromatic rings. The Morgan fingerprint density at radius 1 is 1.20 bits per heavy atom. The van der Waals surface area contributed by atoms with Gasteiger partial charge in [-0.1, -0.05) is 48.6 Å². The standard InChI is InChI=1S/C21H16ClN3O3S2/c1-2-10-25-20(27)16(30-21(25)29)12-15-18(28-14-8-6-13(22)7-9-14)23-17-5-3-4-11-24(17)19(15)26/h3-9,11-12H,2,10H2,1H3/b16-12-. The number of fused-ring (bicyclic) bond motifs is 1. The zero-order valence-electron chi connectivity index (χ0n) is 15.9. The number of aromatic nitrogens is 2. The number of halogens is 1. The first-order valence-electron chi connectivity index (χ1n) is 9.18. The van der Waals surface area contributed by atoms with Gasteiger partial charge in [-0.2, -0.15) is 4.98 Å². The molecule has 3 heterocycles. The number of thioether (sulfide) groups is 1. The highest BCUT2D eigenvalue weighted by atomic mass is 35.5. The molecule has 0 atom stereocenters. The number of nitrogens with zero attached hydrogens (tertiary/aromatic N) is 3. The predicted octanol–water partition coefficient (Wildman–Crippen LogP) is 4.75. The summed E-state index contributed by atoms with van der Waals surface area (Å²) in [6.07, 6.45) is 3.91. The number of hydrogen-bond acceptors (Lipinski definition) is 6. The normalized spacial score (nSPS) is 15.4. The van der Waals surface area contributed by atoms with E-state index < -0.39 is 0 Å². The monoisotopic (exact) mass is 457 g/mol. The summed E-state index contributed by atoms with van der Waals surface area (Å²) in [7, 11) is 0. The summed E-state index contributed by atoms with van der Waals surface area (Å²) in [5.41, 5.74) is 0.262.